The third-order valence-electron chi connectivity index (χ3n) is 10.4. The number of nitrogens with zero attached hydrogens (tertiary/aromatic N) is 3. The van der Waals surface area contributed by atoms with Crippen LogP contribution in [-0.4, -0.2) is 23.6 Å². The van der Waals surface area contributed by atoms with Gasteiger partial charge in [-0.05, 0) is 62.9 Å². The highest BCUT2D eigenvalue weighted by Crippen LogP contribution is 2.62. The van der Waals surface area contributed by atoms with E-state index in [0.717, 1.165) is 56.4 Å². The molecule has 0 N–H and O–H groups in total. The van der Waals surface area contributed by atoms with Gasteiger partial charge in [0.1, 0.15) is 23.5 Å². The number of benzene rings is 7. The maximum absolute atomic E-state index is 6.72. The predicted octanol–water partition coefficient (Wildman–Crippen LogP) is 10.1. The molecule has 2 heterocycles. The molecule has 0 amide bonds. The molecule has 0 radical (unpaired) electrons. The topological polar surface area (TPSA) is 37.2 Å². The summed E-state index contributed by atoms with van der Waals surface area (Å²) >= 11 is 0. The van der Waals surface area contributed by atoms with Gasteiger partial charge in [-0.25, -0.2) is 9.98 Å². The minimum absolute atomic E-state index is 0.252. The zero-order chi connectivity index (χ0) is 32.5. The predicted molar refractivity (Wildman–Crippen MR) is 198 cm³/mol. The van der Waals surface area contributed by atoms with Crippen LogP contribution in [0, 0.1) is 0 Å². The van der Waals surface area contributed by atoms with Gasteiger partial charge in [-0.15, -0.1) is 0 Å². The number of ether oxygens (including phenoxy) is 1. The molecule has 4 heteroatoms. The fourth-order valence-corrected chi connectivity index (χ4v) is 8.26. The molecule has 4 nitrogen and oxygen atoms in total. The summed E-state index contributed by atoms with van der Waals surface area (Å²) in [6.45, 7) is 0. The summed E-state index contributed by atoms with van der Waals surface area (Å²) in [5, 5.41) is 2.30. The van der Waals surface area contributed by atoms with Crippen molar-refractivity contribution in [2.24, 2.45) is 9.98 Å². The maximum Gasteiger partial charge on any atom is 0.160 e. The largest absolute Gasteiger partial charge is 0.457 e. The number of aliphatic imine (C=N–C) groups is 2. The van der Waals surface area contributed by atoms with E-state index in [1.807, 2.05) is 0 Å². The van der Waals surface area contributed by atoms with Crippen molar-refractivity contribution in [2.45, 2.75) is 11.6 Å². The lowest BCUT2D eigenvalue weighted by Gasteiger charge is -2.40. The van der Waals surface area contributed by atoms with Gasteiger partial charge >= 0.3 is 0 Å². The molecule has 3 aliphatic rings. The summed E-state index contributed by atoms with van der Waals surface area (Å²) in [6, 6.07) is 58.1. The van der Waals surface area contributed by atoms with Gasteiger partial charge in [-0.2, -0.15) is 0 Å². The van der Waals surface area contributed by atoms with Gasteiger partial charge in [0, 0.05) is 29.3 Å². The van der Waals surface area contributed by atoms with Gasteiger partial charge in [0.2, 0.25) is 0 Å². The molecule has 1 unspecified atom stereocenters. The second kappa shape index (κ2) is 10.6. The van der Waals surface area contributed by atoms with Gasteiger partial charge in [0.05, 0.1) is 5.41 Å². The molecule has 10 rings (SSSR count). The lowest BCUT2D eigenvalue weighted by Crippen LogP contribution is -2.36. The van der Waals surface area contributed by atoms with Crippen LogP contribution in [0.25, 0.3) is 21.9 Å². The average Bonchev–Trinajstić information content (AvgIpc) is 3.46. The van der Waals surface area contributed by atoms with Crippen molar-refractivity contribution < 1.29 is 4.74 Å². The van der Waals surface area contributed by atoms with Crippen LogP contribution < -0.4 is 4.74 Å². The van der Waals surface area contributed by atoms with Crippen LogP contribution in [0.2, 0.25) is 0 Å². The summed E-state index contributed by atoms with van der Waals surface area (Å²) < 4.78 is 6.72. The first-order valence-electron chi connectivity index (χ1n) is 16.8. The Morgan fingerprint density at radius 2 is 1.16 bits per heavy atom. The van der Waals surface area contributed by atoms with Gasteiger partial charge < -0.3 is 9.64 Å². The zero-order valence-corrected chi connectivity index (χ0v) is 26.9. The summed E-state index contributed by atoms with van der Waals surface area (Å²) in [7, 11) is 2.10. The fourth-order valence-electron chi connectivity index (χ4n) is 8.26. The molecule has 0 bridgehead atoms. The normalized spacial score (nSPS) is 16.6. The first-order valence-corrected chi connectivity index (χ1v) is 16.8. The van der Waals surface area contributed by atoms with E-state index in [4.69, 9.17) is 14.7 Å². The first-order chi connectivity index (χ1) is 24.2. The summed E-state index contributed by atoms with van der Waals surface area (Å²) in [6.07, 6.45) is -0.252. The van der Waals surface area contributed by atoms with Crippen LogP contribution in [0.5, 0.6) is 11.5 Å². The third kappa shape index (κ3) is 3.98. The molecule has 0 saturated carbocycles. The van der Waals surface area contributed by atoms with Crippen molar-refractivity contribution in [2.75, 3.05) is 7.05 Å². The second-order valence-electron chi connectivity index (χ2n) is 13.0. The fraction of sp³-hybridized carbons (Fsp3) is 0.0667. The Bertz CT molecular complexity index is 2460. The molecular weight excluding hydrogens is 599 g/mol. The van der Waals surface area contributed by atoms with Crippen molar-refractivity contribution in [3.05, 3.63) is 203 Å². The third-order valence-corrected chi connectivity index (χ3v) is 10.4. The molecule has 0 saturated heterocycles. The molecule has 0 fully saturated rings. The Hall–Kier alpha value is -6.26. The number of rotatable bonds is 3. The van der Waals surface area contributed by atoms with Crippen LogP contribution in [0.4, 0.5) is 0 Å². The van der Waals surface area contributed by atoms with Gasteiger partial charge in [-0.1, -0.05) is 140 Å². The first kappa shape index (κ1) is 27.8. The molecular formula is C45H31N3O. The summed E-state index contributed by atoms with van der Waals surface area (Å²) in [5.41, 5.74) is 9.91. The van der Waals surface area contributed by atoms with Gasteiger partial charge in [0.15, 0.2) is 5.84 Å². The zero-order valence-electron chi connectivity index (χ0n) is 26.9. The molecule has 1 spiro atoms. The molecule has 1 aliphatic carbocycles. The van der Waals surface area contributed by atoms with E-state index in [-0.39, 0.29) is 6.17 Å². The minimum Gasteiger partial charge on any atom is -0.457 e. The van der Waals surface area contributed by atoms with Crippen LogP contribution in [0.15, 0.2) is 174 Å². The molecule has 2 aliphatic heterocycles. The van der Waals surface area contributed by atoms with Gasteiger partial charge in [0.25, 0.3) is 0 Å². The Morgan fingerprint density at radius 3 is 1.96 bits per heavy atom. The maximum atomic E-state index is 6.72. The summed E-state index contributed by atoms with van der Waals surface area (Å²) in [5.74, 6) is 3.33. The number of hydrogen-bond acceptors (Lipinski definition) is 4. The number of amidine groups is 2. The van der Waals surface area contributed by atoms with Gasteiger partial charge in [-0.3, -0.25) is 0 Å². The molecule has 1 atom stereocenters. The highest BCUT2D eigenvalue weighted by atomic mass is 16.5. The Kier molecular flexibility index (Phi) is 6.03. The smallest absolute Gasteiger partial charge is 0.160 e. The van der Waals surface area contributed by atoms with E-state index in [1.165, 1.54) is 27.6 Å². The molecule has 232 valence electrons. The molecule has 49 heavy (non-hydrogen) atoms. The SMILES string of the molecule is CN1C(c2ccc3c(c2)C2(c4ccccc4O3)c3ccccc3-c3ccccc32)=NC(c2cccc3ccccc23)=NC1c1ccccc1. The number of para-hydroxylation sites is 1. The minimum atomic E-state index is -0.549. The number of fused-ring (bicyclic) bond motifs is 10. The van der Waals surface area contributed by atoms with E-state index < -0.39 is 5.41 Å². The molecule has 0 aromatic heterocycles. The van der Waals surface area contributed by atoms with Crippen molar-refractivity contribution in [1.82, 2.24) is 4.90 Å². The summed E-state index contributed by atoms with van der Waals surface area (Å²) in [4.78, 5) is 12.9. The van der Waals surface area contributed by atoms with Crippen LogP contribution >= 0.6 is 0 Å². The van der Waals surface area contributed by atoms with Crippen LogP contribution in [0.1, 0.15) is 45.1 Å². The van der Waals surface area contributed by atoms with E-state index in [0.29, 0.717) is 0 Å². The second-order valence-corrected chi connectivity index (χ2v) is 13.0. The molecule has 7 aromatic carbocycles. The lowest BCUT2D eigenvalue weighted by molar-refractivity contribution is 0.382. The average molecular weight is 630 g/mol. The quantitative estimate of drug-likeness (QED) is 0.195. The van der Waals surface area contributed by atoms with Crippen molar-refractivity contribution in [3.63, 3.8) is 0 Å². The highest BCUT2D eigenvalue weighted by Gasteiger charge is 2.51. The van der Waals surface area contributed by atoms with Crippen molar-refractivity contribution in [1.29, 1.82) is 0 Å². The Balaban J connectivity index is 1.22. The molecule has 7 aromatic rings. The van der Waals surface area contributed by atoms with Crippen molar-refractivity contribution >= 4 is 22.4 Å². The Morgan fingerprint density at radius 1 is 0.551 bits per heavy atom. The van der Waals surface area contributed by atoms with E-state index >= 15 is 0 Å². The highest BCUT2D eigenvalue weighted by molar-refractivity contribution is 6.17. The van der Waals surface area contributed by atoms with E-state index in [9.17, 15) is 0 Å². The van der Waals surface area contributed by atoms with Crippen LogP contribution in [-0.2, 0) is 5.41 Å². The van der Waals surface area contributed by atoms with Crippen LogP contribution in [0.3, 0.4) is 0 Å². The lowest BCUT2D eigenvalue weighted by atomic mass is 9.66. The monoisotopic (exact) mass is 629 g/mol. The van der Waals surface area contributed by atoms with E-state index in [2.05, 4.69) is 176 Å². The Labute approximate surface area is 285 Å². The standard InChI is InChI=1S/C45H31N3O/c1-48-43(30-15-3-2-4-16-30)46-42(35-21-13-17-29-14-5-6-18-32(29)35)47-44(48)31-26-27-41-39(28-31)45(38-24-11-12-25-40(38)49-41)36-22-9-7-19-33(36)34-20-8-10-23-37(34)45/h2-28,43H,1H3. The van der Waals surface area contributed by atoms with Crippen molar-refractivity contribution in [3.8, 4) is 22.6 Å². The van der Waals surface area contributed by atoms with E-state index in [1.54, 1.807) is 0 Å². The number of hydrogen-bond donors (Lipinski definition) is 0.